The van der Waals surface area contributed by atoms with Crippen molar-refractivity contribution in [3.63, 3.8) is 0 Å². The Labute approximate surface area is 470 Å². The maximum absolute atomic E-state index is 7.47. The number of fused-ring (bicyclic) bond motifs is 16. The molecule has 0 saturated carbocycles. The lowest BCUT2D eigenvalue weighted by Crippen LogP contribution is -1.93. The van der Waals surface area contributed by atoms with E-state index in [2.05, 4.69) is 279 Å². The molecule has 0 amide bonds. The molecule has 0 aliphatic heterocycles. The second kappa shape index (κ2) is 17.3. The summed E-state index contributed by atoms with van der Waals surface area (Å²) in [4.78, 5) is 0. The second-order valence-electron chi connectivity index (χ2n) is 22.0. The maximum atomic E-state index is 7.47. The van der Waals surface area contributed by atoms with E-state index in [1.54, 1.807) is 0 Å². The predicted octanol–water partition coefficient (Wildman–Crippen LogP) is 23.0. The van der Waals surface area contributed by atoms with Crippen LogP contribution in [0, 0.1) is 0 Å². The van der Waals surface area contributed by atoms with Crippen LogP contribution in [0.5, 0.6) is 0 Å². The third-order valence-electron chi connectivity index (χ3n) is 17.8. The SMILES string of the molecule is c1ccc2cc(-c3c4ccccc4c(-c4ccc(-c5ccc(-c6c7ccccc7c(-c7cccc8oc9c%10ccccc%10ccc9c78)c7ccccc67)c6ccccc56)c5oc6c7ccccc7ccc6c45)c4ccccc34)ccc2c1. The molecule has 0 saturated heterocycles. The fraction of sp³-hybridized carbons (Fsp3) is 0. The summed E-state index contributed by atoms with van der Waals surface area (Å²) in [6.07, 6.45) is 0. The predicted molar refractivity (Wildman–Crippen MR) is 348 cm³/mol. The molecule has 0 unspecified atom stereocenters. The van der Waals surface area contributed by atoms with Crippen LogP contribution in [0.4, 0.5) is 0 Å². The van der Waals surface area contributed by atoms with Gasteiger partial charge in [-0.1, -0.05) is 249 Å². The molecule has 0 aliphatic rings. The minimum absolute atomic E-state index is 0.878. The molecule has 378 valence electrons. The van der Waals surface area contributed by atoms with Crippen molar-refractivity contribution in [1.82, 2.24) is 0 Å². The van der Waals surface area contributed by atoms with E-state index in [4.69, 9.17) is 8.83 Å². The molecule has 82 heavy (non-hydrogen) atoms. The highest BCUT2D eigenvalue weighted by molar-refractivity contribution is 6.31. The van der Waals surface area contributed by atoms with Crippen molar-refractivity contribution in [3.05, 3.63) is 279 Å². The van der Waals surface area contributed by atoms with Crippen LogP contribution in [0.15, 0.2) is 288 Å². The van der Waals surface area contributed by atoms with E-state index in [-0.39, 0.29) is 0 Å². The average molecular weight is 1040 g/mol. The average Bonchev–Trinajstić information content (AvgIpc) is 4.04. The van der Waals surface area contributed by atoms with E-state index < -0.39 is 0 Å². The van der Waals surface area contributed by atoms with Gasteiger partial charge in [-0.05, 0) is 156 Å². The minimum Gasteiger partial charge on any atom is -0.455 e. The molecule has 2 heteroatoms. The van der Waals surface area contributed by atoms with Crippen LogP contribution < -0.4 is 0 Å². The van der Waals surface area contributed by atoms with E-state index >= 15 is 0 Å². The van der Waals surface area contributed by atoms with Crippen molar-refractivity contribution in [1.29, 1.82) is 0 Å². The zero-order chi connectivity index (χ0) is 53.6. The highest BCUT2D eigenvalue weighted by Gasteiger charge is 2.26. The Hall–Kier alpha value is -10.8. The Kier molecular flexibility index (Phi) is 9.54. The monoisotopic (exact) mass is 1040 g/mol. The molecule has 0 spiro atoms. The summed E-state index contributed by atoms with van der Waals surface area (Å²) in [7, 11) is 0. The van der Waals surface area contributed by atoms with Crippen molar-refractivity contribution in [3.8, 4) is 55.6 Å². The summed E-state index contributed by atoms with van der Waals surface area (Å²) in [6, 6.07) is 103. The third-order valence-corrected chi connectivity index (χ3v) is 17.8. The quantitative estimate of drug-likeness (QED) is 0.161. The smallest absolute Gasteiger partial charge is 0.143 e. The standard InChI is InChI=1S/C80H46O2/c1-2-21-50-46-51(37-36-47(50)18-1)72-57-26-9-11-28-59(57)75(60-29-12-10-27-58(60)72)68-45-44-66(80-77(68)70-41-39-49-20-4-6-23-53(49)79(70)82-80)56-42-43-65(55-25-8-7-24-54(55)56)73-61-30-13-15-32-63(61)74(64-33-16-14-31-62(64)73)67-34-17-35-71-76(67)69-40-38-48-19-3-5-22-52(48)78(69)81-71/h1-46H. The molecule has 0 radical (unpaired) electrons. The summed E-state index contributed by atoms with van der Waals surface area (Å²) in [5.74, 6) is 0. The Morgan fingerprint density at radius 3 is 1.15 bits per heavy atom. The van der Waals surface area contributed by atoms with Crippen molar-refractivity contribution < 1.29 is 8.83 Å². The summed E-state index contributed by atoms with van der Waals surface area (Å²) in [5, 5.41) is 23.5. The summed E-state index contributed by atoms with van der Waals surface area (Å²) >= 11 is 0. The van der Waals surface area contributed by atoms with Gasteiger partial charge in [-0.15, -0.1) is 0 Å². The highest BCUT2D eigenvalue weighted by atomic mass is 16.3. The number of hydrogen-bond donors (Lipinski definition) is 0. The molecule has 0 fully saturated rings. The molecule has 18 aromatic rings. The molecule has 2 heterocycles. The molecule has 0 aliphatic carbocycles. The summed E-state index contributed by atoms with van der Waals surface area (Å²) in [5.41, 5.74) is 15.4. The van der Waals surface area contributed by atoms with E-state index in [9.17, 15) is 0 Å². The molecule has 0 atom stereocenters. The van der Waals surface area contributed by atoms with Crippen LogP contribution >= 0.6 is 0 Å². The van der Waals surface area contributed by atoms with Crippen LogP contribution in [-0.4, -0.2) is 0 Å². The Morgan fingerprint density at radius 1 is 0.183 bits per heavy atom. The first-order valence-corrected chi connectivity index (χ1v) is 28.3. The normalized spacial score (nSPS) is 12.1. The number of hydrogen-bond acceptors (Lipinski definition) is 2. The molecule has 2 aromatic heterocycles. The van der Waals surface area contributed by atoms with Gasteiger partial charge in [0.05, 0.1) is 0 Å². The minimum atomic E-state index is 0.878. The summed E-state index contributed by atoms with van der Waals surface area (Å²) in [6.45, 7) is 0. The number of benzene rings is 16. The van der Waals surface area contributed by atoms with E-state index in [0.29, 0.717) is 0 Å². The fourth-order valence-corrected chi connectivity index (χ4v) is 14.3. The van der Waals surface area contributed by atoms with Crippen LogP contribution in [0.25, 0.3) is 186 Å². The summed E-state index contributed by atoms with van der Waals surface area (Å²) < 4.78 is 14.3. The zero-order valence-corrected chi connectivity index (χ0v) is 44.4. The lowest BCUT2D eigenvalue weighted by atomic mass is 9.82. The lowest BCUT2D eigenvalue weighted by molar-refractivity contribution is 0.672. The Morgan fingerprint density at radius 2 is 0.573 bits per heavy atom. The molecule has 0 N–H and O–H groups in total. The first-order chi connectivity index (χ1) is 40.7. The highest BCUT2D eigenvalue weighted by Crippen LogP contribution is 2.53. The van der Waals surface area contributed by atoms with Crippen molar-refractivity contribution in [2.24, 2.45) is 0 Å². The van der Waals surface area contributed by atoms with Gasteiger partial charge in [-0.3, -0.25) is 0 Å². The van der Waals surface area contributed by atoms with E-state index in [1.807, 2.05) is 0 Å². The van der Waals surface area contributed by atoms with Gasteiger partial charge in [0, 0.05) is 37.9 Å². The largest absolute Gasteiger partial charge is 0.455 e. The van der Waals surface area contributed by atoms with E-state index in [1.165, 1.54) is 104 Å². The Balaban J connectivity index is 0.884. The van der Waals surface area contributed by atoms with Crippen LogP contribution in [-0.2, 0) is 0 Å². The van der Waals surface area contributed by atoms with Gasteiger partial charge >= 0.3 is 0 Å². The van der Waals surface area contributed by atoms with E-state index in [0.717, 1.165) is 82.1 Å². The lowest BCUT2D eigenvalue weighted by Gasteiger charge is -2.20. The first-order valence-electron chi connectivity index (χ1n) is 28.3. The van der Waals surface area contributed by atoms with Gasteiger partial charge in [-0.2, -0.15) is 0 Å². The van der Waals surface area contributed by atoms with Crippen molar-refractivity contribution in [2.45, 2.75) is 0 Å². The molecule has 2 nitrogen and oxygen atoms in total. The van der Waals surface area contributed by atoms with Gasteiger partial charge in [0.1, 0.15) is 22.3 Å². The molecule has 18 rings (SSSR count). The maximum Gasteiger partial charge on any atom is 0.143 e. The van der Waals surface area contributed by atoms with Crippen molar-refractivity contribution >= 4 is 130 Å². The van der Waals surface area contributed by atoms with Crippen molar-refractivity contribution in [2.75, 3.05) is 0 Å². The van der Waals surface area contributed by atoms with Gasteiger partial charge in [-0.25, -0.2) is 0 Å². The van der Waals surface area contributed by atoms with Crippen LogP contribution in [0.3, 0.4) is 0 Å². The Bertz CT molecular complexity index is 5660. The van der Waals surface area contributed by atoms with Gasteiger partial charge in [0.2, 0.25) is 0 Å². The molecule has 0 bridgehead atoms. The number of furan rings is 2. The first kappa shape index (κ1) is 45.1. The molecule has 16 aromatic carbocycles. The third kappa shape index (κ3) is 6.40. The molecular formula is C80H46O2. The second-order valence-corrected chi connectivity index (χ2v) is 22.0. The van der Waals surface area contributed by atoms with Gasteiger partial charge in [0.15, 0.2) is 0 Å². The van der Waals surface area contributed by atoms with Crippen LogP contribution in [0.2, 0.25) is 0 Å². The topological polar surface area (TPSA) is 26.3 Å². The van der Waals surface area contributed by atoms with Crippen LogP contribution in [0.1, 0.15) is 0 Å². The van der Waals surface area contributed by atoms with Gasteiger partial charge in [0.25, 0.3) is 0 Å². The number of rotatable bonds is 5. The fourth-order valence-electron chi connectivity index (χ4n) is 14.3. The molecular weight excluding hydrogens is 993 g/mol. The van der Waals surface area contributed by atoms with Gasteiger partial charge < -0.3 is 8.83 Å². The zero-order valence-electron chi connectivity index (χ0n) is 44.4.